The van der Waals surface area contributed by atoms with Crippen LogP contribution < -0.4 is 10.6 Å². The van der Waals surface area contributed by atoms with E-state index in [-0.39, 0.29) is 11.9 Å². The fourth-order valence-corrected chi connectivity index (χ4v) is 2.33. The second kappa shape index (κ2) is 4.42. The number of hydrogen-bond donors (Lipinski definition) is 1. The van der Waals surface area contributed by atoms with Gasteiger partial charge in [0.1, 0.15) is 5.82 Å². The summed E-state index contributed by atoms with van der Waals surface area (Å²) in [6.07, 6.45) is 2.30. The zero-order chi connectivity index (χ0) is 11.7. The summed E-state index contributed by atoms with van der Waals surface area (Å²) in [5, 5.41) is 0. The standard InChI is InChI=1S/C13H19FN2/c1-9-4-3-7-16(9)13-6-5-11(10(2)15)8-12(13)14/h5-6,8-10H,3-4,7,15H2,1-2H3/t9?,10-/m0/s1. The first-order chi connectivity index (χ1) is 7.59. The van der Waals surface area contributed by atoms with Gasteiger partial charge in [0.15, 0.2) is 0 Å². The second-order valence-electron chi connectivity index (χ2n) is 4.68. The van der Waals surface area contributed by atoms with Gasteiger partial charge in [0.25, 0.3) is 0 Å². The Bertz CT molecular complexity index is 376. The van der Waals surface area contributed by atoms with Crippen molar-refractivity contribution in [2.75, 3.05) is 11.4 Å². The third kappa shape index (κ3) is 2.05. The Kier molecular flexibility index (Phi) is 3.15. The van der Waals surface area contributed by atoms with Crippen molar-refractivity contribution in [1.82, 2.24) is 0 Å². The summed E-state index contributed by atoms with van der Waals surface area (Å²) in [4.78, 5) is 2.14. The molecular formula is C13H19FN2. The molecule has 0 aromatic heterocycles. The molecular weight excluding hydrogens is 203 g/mol. The lowest BCUT2D eigenvalue weighted by Crippen LogP contribution is -2.27. The Morgan fingerprint density at radius 2 is 2.25 bits per heavy atom. The van der Waals surface area contributed by atoms with Crippen molar-refractivity contribution in [3.63, 3.8) is 0 Å². The van der Waals surface area contributed by atoms with Crippen LogP contribution in [-0.2, 0) is 0 Å². The fourth-order valence-electron chi connectivity index (χ4n) is 2.33. The second-order valence-corrected chi connectivity index (χ2v) is 4.68. The van der Waals surface area contributed by atoms with E-state index in [4.69, 9.17) is 5.73 Å². The highest BCUT2D eigenvalue weighted by molar-refractivity contribution is 5.51. The molecule has 88 valence electrons. The Morgan fingerprint density at radius 3 is 2.75 bits per heavy atom. The molecule has 0 saturated carbocycles. The first-order valence-corrected chi connectivity index (χ1v) is 5.91. The van der Waals surface area contributed by atoms with E-state index >= 15 is 0 Å². The van der Waals surface area contributed by atoms with E-state index in [0.29, 0.717) is 6.04 Å². The van der Waals surface area contributed by atoms with Gasteiger partial charge in [-0.05, 0) is 44.4 Å². The maximum atomic E-state index is 13.9. The summed E-state index contributed by atoms with van der Waals surface area (Å²) in [5.74, 6) is -0.149. The number of benzene rings is 1. The minimum absolute atomic E-state index is 0.112. The van der Waals surface area contributed by atoms with Gasteiger partial charge < -0.3 is 10.6 Å². The Morgan fingerprint density at radius 1 is 1.50 bits per heavy atom. The average molecular weight is 222 g/mol. The highest BCUT2D eigenvalue weighted by Gasteiger charge is 2.23. The predicted octanol–water partition coefficient (Wildman–Crippen LogP) is 2.83. The van der Waals surface area contributed by atoms with Crippen molar-refractivity contribution >= 4 is 5.69 Å². The predicted molar refractivity (Wildman–Crippen MR) is 65.0 cm³/mol. The minimum atomic E-state index is -0.149. The molecule has 0 aliphatic carbocycles. The van der Waals surface area contributed by atoms with Gasteiger partial charge in [0.2, 0.25) is 0 Å². The van der Waals surface area contributed by atoms with E-state index < -0.39 is 0 Å². The number of halogens is 1. The van der Waals surface area contributed by atoms with E-state index in [2.05, 4.69) is 11.8 Å². The lowest BCUT2D eigenvalue weighted by atomic mass is 10.1. The fraction of sp³-hybridized carbons (Fsp3) is 0.538. The third-order valence-electron chi connectivity index (χ3n) is 3.36. The molecule has 1 aromatic rings. The molecule has 1 heterocycles. The van der Waals surface area contributed by atoms with Crippen LogP contribution in [0.4, 0.5) is 10.1 Å². The number of nitrogens with two attached hydrogens (primary N) is 1. The maximum Gasteiger partial charge on any atom is 0.146 e. The van der Waals surface area contributed by atoms with Crippen molar-refractivity contribution in [2.45, 2.75) is 38.8 Å². The zero-order valence-corrected chi connectivity index (χ0v) is 9.91. The van der Waals surface area contributed by atoms with Gasteiger partial charge in [-0.3, -0.25) is 0 Å². The largest absolute Gasteiger partial charge is 0.366 e. The van der Waals surface area contributed by atoms with Crippen molar-refractivity contribution in [3.8, 4) is 0 Å². The number of hydrogen-bond acceptors (Lipinski definition) is 2. The summed E-state index contributed by atoms with van der Waals surface area (Å²) in [6.45, 7) is 4.97. The van der Waals surface area contributed by atoms with Gasteiger partial charge >= 0.3 is 0 Å². The molecule has 2 atom stereocenters. The summed E-state index contributed by atoms with van der Waals surface area (Å²) in [5.41, 5.74) is 7.30. The Balaban J connectivity index is 2.28. The SMILES string of the molecule is CC1CCCN1c1ccc([C@H](C)N)cc1F. The van der Waals surface area contributed by atoms with Crippen LogP contribution in [0.25, 0.3) is 0 Å². The van der Waals surface area contributed by atoms with Crippen LogP contribution in [-0.4, -0.2) is 12.6 Å². The molecule has 1 unspecified atom stereocenters. The van der Waals surface area contributed by atoms with Crippen LogP contribution in [0.1, 0.15) is 38.3 Å². The molecule has 2 nitrogen and oxygen atoms in total. The lowest BCUT2D eigenvalue weighted by molar-refractivity contribution is 0.609. The minimum Gasteiger partial charge on any atom is -0.366 e. The Hall–Kier alpha value is -1.09. The smallest absolute Gasteiger partial charge is 0.146 e. The quantitative estimate of drug-likeness (QED) is 0.833. The van der Waals surface area contributed by atoms with Gasteiger partial charge in [-0.15, -0.1) is 0 Å². The zero-order valence-electron chi connectivity index (χ0n) is 9.91. The molecule has 1 aromatic carbocycles. The van der Waals surface area contributed by atoms with Crippen LogP contribution in [0.15, 0.2) is 18.2 Å². The summed E-state index contributed by atoms with van der Waals surface area (Å²) >= 11 is 0. The molecule has 0 radical (unpaired) electrons. The lowest BCUT2D eigenvalue weighted by Gasteiger charge is -2.24. The average Bonchev–Trinajstić information content (AvgIpc) is 2.64. The van der Waals surface area contributed by atoms with E-state index in [1.54, 1.807) is 6.07 Å². The Labute approximate surface area is 96.2 Å². The first kappa shape index (κ1) is 11.4. The molecule has 2 rings (SSSR count). The monoisotopic (exact) mass is 222 g/mol. The van der Waals surface area contributed by atoms with Crippen LogP contribution >= 0.6 is 0 Å². The molecule has 1 fully saturated rings. The van der Waals surface area contributed by atoms with Crippen molar-refractivity contribution in [1.29, 1.82) is 0 Å². The number of anilines is 1. The highest BCUT2D eigenvalue weighted by Crippen LogP contribution is 2.29. The number of rotatable bonds is 2. The molecule has 1 aliphatic rings. The summed E-state index contributed by atoms with van der Waals surface area (Å²) in [7, 11) is 0. The normalized spacial score (nSPS) is 22.5. The molecule has 1 aliphatic heterocycles. The first-order valence-electron chi connectivity index (χ1n) is 5.91. The molecule has 1 saturated heterocycles. The molecule has 16 heavy (non-hydrogen) atoms. The van der Waals surface area contributed by atoms with Crippen LogP contribution in [0.3, 0.4) is 0 Å². The molecule has 0 amide bonds. The molecule has 2 N–H and O–H groups in total. The van der Waals surface area contributed by atoms with E-state index in [9.17, 15) is 4.39 Å². The van der Waals surface area contributed by atoms with Gasteiger partial charge in [-0.25, -0.2) is 4.39 Å². The number of nitrogens with zero attached hydrogens (tertiary/aromatic N) is 1. The van der Waals surface area contributed by atoms with E-state index in [1.807, 2.05) is 19.1 Å². The topological polar surface area (TPSA) is 29.3 Å². The molecule has 3 heteroatoms. The van der Waals surface area contributed by atoms with Crippen LogP contribution in [0.2, 0.25) is 0 Å². The van der Waals surface area contributed by atoms with E-state index in [0.717, 1.165) is 30.6 Å². The summed E-state index contributed by atoms with van der Waals surface area (Å²) < 4.78 is 13.9. The van der Waals surface area contributed by atoms with Crippen molar-refractivity contribution in [2.24, 2.45) is 5.73 Å². The van der Waals surface area contributed by atoms with Gasteiger partial charge in [0.05, 0.1) is 5.69 Å². The van der Waals surface area contributed by atoms with Crippen molar-refractivity contribution in [3.05, 3.63) is 29.6 Å². The van der Waals surface area contributed by atoms with Gasteiger partial charge in [-0.1, -0.05) is 6.07 Å². The van der Waals surface area contributed by atoms with Crippen LogP contribution in [0, 0.1) is 5.82 Å². The third-order valence-corrected chi connectivity index (χ3v) is 3.36. The van der Waals surface area contributed by atoms with Gasteiger partial charge in [-0.2, -0.15) is 0 Å². The molecule has 0 spiro atoms. The molecule has 0 bridgehead atoms. The maximum absolute atomic E-state index is 13.9. The summed E-state index contributed by atoms with van der Waals surface area (Å²) in [6, 6.07) is 5.67. The van der Waals surface area contributed by atoms with Crippen LogP contribution in [0.5, 0.6) is 0 Å². The van der Waals surface area contributed by atoms with E-state index in [1.165, 1.54) is 0 Å². The highest BCUT2D eigenvalue weighted by atomic mass is 19.1. The van der Waals surface area contributed by atoms with Crippen molar-refractivity contribution < 1.29 is 4.39 Å². The van der Waals surface area contributed by atoms with Gasteiger partial charge in [0, 0.05) is 18.6 Å².